The van der Waals surface area contributed by atoms with Gasteiger partial charge in [0.25, 0.3) is 0 Å². The molecule has 0 bridgehead atoms. The molecule has 0 aliphatic rings. The molecule has 0 aromatic carbocycles. The third-order valence-electron chi connectivity index (χ3n) is 0.797. The Morgan fingerprint density at radius 2 is 2.11 bits per heavy atom. The van der Waals surface area contributed by atoms with Gasteiger partial charge in [-0.3, -0.25) is 4.21 Å². The van der Waals surface area contributed by atoms with E-state index in [1.807, 2.05) is 0 Å². The highest BCUT2D eigenvalue weighted by atomic mass is 32.2. The van der Waals surface area contributed by atoms with E-state index >= 15 is 0 Å². The van der Waals surface area contributed by atoms with E-state index in [0.717, 1.165) is 6.54 Å². The van der Waals surface area contributed by atoms with Crippen molar-refractivity contribution >= 4 is 15.6 Å². The van der Waals surface area contributed by atoms with Crippen LogP contribution in [0.4, 0.5) is 0 Å². The van der Waals surface area contributed by atoms with E-state index in [0.29, 0.717) is 5.92 Å². The summed E-state index contributed by atoms with van der Waals surface area (Å²) in [7, 11) is -1.97. The Morgan fingerprint density at radius 3 is 2.22 bits per heavy atom. The average Bonchev–Trinajstić information content (AvgIpc) is 1.59. The Kier molecular flexibility index (Phi) is 3.22. The Hall–Kier alpha value is -0.0200. The summed E-state index contributed by atoms with van der Waals surface area (Å²) in [5.74, 6) is 3.99. The first-order chi connectivity index (χ1) is 3.92. The normalized spacial score (nSPS) is 17.8. The molecule has 0 aliphatic heterocycles. The molecule has 0 fully saturated rings. The molecule has 56 valence electrons. The van der Waals surface area contributed by atoms with Gasteiger partial charge in [-0.25, -0.2) is 4.72 Å². The number of hydrogen-bond acceptors (Lipinski definition) is 1. The molecule has 0 aromatic rings. The maximum Gasteiger partial charge on any atom is 0.0220 e. The monoisotopic (exact) mass is 149 g/mol. The summed E-state index contributed by atoms with van der Waals surface area (Å²) in [4.78, 5) is 0. The molecule has 3 heteroatoms. The zero-order valence-corrected chi connectivity index (χ0v) is 7.12. The van der Waals surface area contributed by atoms with Gasteiger partial charge < -0.3 is 0 Å². The second-order valence-electron chi connectivity index (χ2n) is 2.75. The fourth-order valence-corrected chi connectivity index (χ4v) is 1.03. The Bertz CT molecular complexity index is 158. The number of hydrogen-bond donors (Lipinski definition) is 1. The fourth-order valence-electron chi connectivity index (χ4n) is 0.343. The van der Waals surface area contributed by atoms with Crippen LogP contribution in [-0.2, 0) is 9.71 Å². The molecule has 0 radical (unpaired) electrons. The zero-order valence-electron chi connectivity index (χ0n) is 6.31. The fraction of sp³-hybridized carbons (Fsp3) is 0.833. The van der Waals surface area contributed by atoms with Gasteiger partial charge in [-0.05, 0) is 11.8 Å². The zero-order chi connectivity index (χ0) is 7.49. The summed E-state index contributed by atoms with van der Waals surface area (Å²) in [6, 6.07) is 0. The van der Waals surface area contributed by atoms with Crippen molar-refractivity contribution in [1.82, 2.24) is 4.72 Å². The van der Waals surface area contributed by atoms with Gasteiger partial charge in [0.05, 0.1) is 0 Å². The molecule has 0 spiro atoms. The minimum atomic E-state index is -1.97. The van der Waals surface area contributed by atoms with Crippen molar-refractivity contribution in [1.29, 1.82) is 0 Å². The van der Waals surface area contributed by atoms with Crippen LogP contribution in [0.1, 0.15) is 13.8 Å². The lowest BCUT2D eigenvalue weighted by Crippen LogP contribution is -2.25. The smallest absolute Gasteiger partial charge is 0.0220 e. The van der Waals surface area contributed by atoms with Crippen molar-refractivity contribution in [3.05, 3.63) is 0 Å². The van der Waals surface area contributed by atoms with Gasteiger partial charge >= 0.3 is 0 Å². The summed E-state index contributed by atoms with van der Waals surface area (Å²) in [5, 5.41) is 0. The summed E-state index contributed by atoms with van der Waals surface area (Å²) in [6.45, 7) is 4.91. The molecule has 2 nitrogen and oxygen atoms in total. The van der Waals surface area contributed by atoms with Crippen LogP contribution in [0.15, 0.2) is 0 Å². The maximum absolute atomic E-state index is 10.9. The molecule has 0 rings (SSSR count). The minimum absolute atomic E-state index is 0.535. The third-order valence-corrected chi connectivity index (χ3v) is 1.57. The van der Waals surface area contributed by atoms with Crippen LogP contribution < -0.4 is 4.72 Å². The summed E-state index contributed by atoms with van der Waals surface area (Å²) >= 11 is 0. The number of nitrogens with one attached hydrogen (secondary N) is 1. The first-order valence-corrected chi connectivity index (χ1v) is 5.12. The highest BCUT2D eigenvalue weighted by Crippen LogP contribution is 1.87. The van der Waals surface area contributed by atoms with E-state index in [2.05, 4.69) is 24.4 Å². The van der Waals surface area contributed by atoms with Gasteiger partial charge in [-0.15, -0.1) is 0 Å². The van der Waals surface area contributed by atoms with E-state index < -0.39 is 9.71 Å². The van der Waals surface area contributed by atoms with Crippen LogP contribution >= 0.6 is 0 Å². The summed E-state index contributed by atoms with van der Waals surface area (Å²) < 4.78 is 13.7. The van der Waals surface area contributed by atoms with E-state index in [1.165, 1.54) is 0 Å². The molecule has 1 atom stereocenters. The van der Waals surface area contributed by atoms with Crippen molar-refractivity contribution in [2.75, 3.05) is 12.8 Å². The molecule has 0 saturated carbocycles. The highest BCUT2D eigenvalue weighted by molar-refractivity contribution is 7.97. The van der Waals surface area contributed by atoms with Crippen molar-refractivity contribution < 1.29 is 4.21 Å². The maximum atomic E-state index is 10.9. The Balaban J connectivity index is 3.53. The van der Waals surface area contributed by atoms with Gasteiger partial charge in [0.1, 0.15) is 0 Å². The third kappa shape index (κ3) is 7.98. The van der Waals surface area contributed by atoms with Crippen molar-refractivity contribution in [2.24, 2.45) is 5.92 Å². The SMILES string of the molecule is C=S(C)(=O)NCC(C)C. The second-order valence-corrected chi connectivity index (χ2v) is 5.05. The van der Waals surface area contributed by atoms with E-state index in [-0.39, 0.29) is 0 Å². The topological polar surface area (TPSA) is 29.1 Å². The van der Waals surface area contributed by atoms with Gasteiger partial charge in [0.15, 0.2) is 0 Å². The first kappa shape index (κ1) is 8.98. The van der Waals surface area contributed by atoms with Crippen LogP contribution in [0.5, 0.6) is 0 Å². The molecule has 0 amide bonds. The van der Waals surface area contributed by atoms with Crippen molar-refractivity contribution in [3.8, 4) is 0 Å². The van der Waals surface area contributed by atoms with Gasteiger partial charge in [0, 0.05) is 22.5 Å². The molecule has 0 aromatic heterocycles. The average molecular weight is 149 g/mol. The van der Waals surface area contributed by atoms with Gasteiger partial charge in [-0.1, -0.05) is 13.8 Å². The quantitative estimate of drug-likeness (QED) is 0.581. The predicted octanol–water partition coefficient (Wildman–Crippen LogP) is 0.493. The van der Waals surface area contributed by atoms with Gasteiger partial charge in [0.2, 0.25) is 0 Å². The molecule has 0 saturated heterocycles. The molecule has 1 unspecified atom stereocenters. The molecule has 9 heavy (non-hydrogen) atoms. The number of rotatable bonds is 3. The minimum Gasteiger partial charge on any atom is -0.253 e. The summed E-state index contributed by atoms with van der Waals surface area (Å²) in [5.41, 5.74) is 0. The van der Waals surface area contributed by atoms with Crippen LogP contribution in [0.25, 0.3) is 0 Å². The summed E-state index contributed by atoms with van der Waals surface area (Å²) in [6.07, 6.45) is 1.61. The molecule has 0 aliphatic carbocycles. The molecule has 1 N–H and O–H groups in total. The second kappa shape index (κ2) is 3.22. The Labute approximate surface area is 57.8 Å². The highest BCUT2D eigenvalue weighted by Gasteiger charge is 1.95. The largest absolute Gasteiger partial charge is 0.253 e. The Morgan fingerprint density at radius 1 is 1.67 bits per heavy atom. The van der Waals surface area contributed by atoms with E-state index in [1.54, 1.807) is 6.26 Å². The van der Waals surface area contributed by atoms with Crippen LogP contribution in [0.2, 0.25) is 0 Å². The lowest BCUT2D eigenvalue weighted by Gasteiger charge is -2.07. The predicted molar refractivity (Wildman–Crippen MR) is 44.0 cm³/mol. The van der Waals surface area contributed by atoms with E-state index in [4.69, 9.17) is 0 Å². The van der Waals surface area contributed by atoms with Crippen molar-refractivity contribution in [3.63, 3.8) is 0 Å². The van der Waals surface area contributed by atoms with Crippen LogP contribution in [0.3, 0.4) is 0 Å². The van der Waals surface area contributed by atoms with Crippen molar-refractivity contribution in [2.45, 2.75) is 13.8 Å². The molecular weight excluding hydrogens is 134 g/mol. The van der Waals surface area contributed by atoms with E-state index in [9.17, 15) is 4.21 Å². The molecule has 0 heterocycles. The standard InChI is InChI=1S/C6H15NOS/c1-6(2)5-7-9(3,4)8/h6H,3,5H2,1-2,4H3,(H,7,8). The first-order valence-electron chi connectivity index (χ1n) is 2.98. The molecular formula is C6H15NOS. The lowest BCUT2D eigenvalue weighted by atomic mass is 10.2. The van der Waals surface area contributed by atoms with Crippen LogP contribution in [0, 0.1) is 5.92 Å². The lowest BCUT2D eigenvalue weighted by molar-refractivity contribution is 0.617. The van der Waals surface area contributed by atoms with Crippen LogP contribution in [-0.4, -0.2) is 22.9 Å². The van der Waals surface area contributed by atoms with Gasteiger partial charge in [-0.2, -0.15) is 0 Å².